The molecule has 0 radical (unpaired) electrons. The molecule has 0 unspecified atom stereocenters. The maximum atomic E-state index is 11.8. The third kappa shape index (κ3) is 4.75. The molecule has 0 aliphatic heterocycles. The Kier molecular flexibility index (Phi) is 5.30. The summed E-state index contributed by atoms with van der Waals surface area (Å²) in [6.07, 6.45) is -0.270. The van der Waals surface area contributed by atoms with E-state index in [4.69, 9.17) is 4.74 Å². The van der Waals surface area contributed by atoms with Crippen molar-refractivity contribution in [2.45, 2.75) is 24.8 Å². The highest BCUT2D eigenvalue weighted by molar-refractivity contribution is 9.10. The Bertz CT molecular complexity index is 528. The van der Waals surface area contributed by atoms with Crippen molar-refractivity contribution in [3.63, 3.8) is 0 Å². The highest BCUT2D eigenvalue weighted by Crippen LogP contribution is 2.15. The van der Waals surface area contributed by atoms with Crippen LogP contribution < -0.4 is 4.72 Å². The molecule has 1 aromatic rings. The summed E-state index contributed by atoms with van der Waals surface area (Å²) in [4.78, 5) is 11.3. The molecule has 0 atom stereocenters. The van der Waals surface area contributed by atoms with Crippen LogP contribution in [0.15, 0.2) is 33.6 Å². The zero-order valence-electron chi connectivity index (χ0n) is 10.0. The number of carbonyl (C=O) groups is 1. The van der Waals surface area contributed by atoms with Crippen LogP contribution in [0.3, 0.4) is 0 Å². The summed E-state index contributed by atoms with van der Waals surface area (Å²) in [7, 11) is -3.69. The number of rotatable bonds is 5. The van der Waals surface area contributed by atoms with E-state index in [1.165, 1.54) is 12.1 Å². The first-order chi connectivity index (χ1) is 8.31. The van der Waals surface area contributed by atoms with E-state index in [9.17, 15) is 13.2 Å². The molecule has 0 saturated carbocycles. The standard InChI is InChI=1S/C11H14BrNO4S/c1-8(2)17-11(14)7-13-18(15,16)10-5-3-4-9(12)6-10/h3-6,8,13H,7H2,1-2H3. The van der Waals surface area contributed by atoms with Gasteiger partial charge < -0.3 is 4.74 Å². The minimum Gasteiger partial charge on any atom is -0.462 e. The molecule has 18 heavy (non-hydrogen) atoms. The van der Waals surface area contributed by atoms with Crippen molar-refractivity contribution < 1.29 is 17.9 Å². The maximum Gasteiger partial charge on any atom is 0.321 e. The number of esters is 1. The molecule has 0 aliphatic rings. The molecule has 0 bridgehead atoms. The number of halogens is 1. The van der Waals surface area contributed by atoms with Gasteiger partial charge in [-0.2, -0.15) is 4.72 Å². The van der Waals surface area contributed by atoms with E-state index in [0.717, 1.165) is 0 Å². The molecule has 0 amide bonds. The molecule has 7 heteroatoms. The van der Waals surface area contributed by atoms with Gasteiger partial charge in [-0.25, -0.2) is 8.42 Å². The van der Waals surface area contributed by atoms with Gasteiger partial charge in [0.15, 0.2) is 0 Å². The minimum atomic E-state index is -3.69. The Morgan fingerprint density at radius 2 is 2.11 bits per heavy atom. The fraction of sp³-hybridized carbons (Fsp3) is 0.364. The average molecular weight is 336 g/mol. The highest BCUT2D eigenvalue weighted by Gasteiger charge is 2.16. The molecule has 0 aromatic heterocycles. The van der Waals surface area contributed by atoms with Crippen molar-refractivity contribution in [2.24, 2.45) is 0 Å². The van der Waals surface area contributed by atoms with Crippen LogP contribution >= 0.6 is 15.9 Å². The molecular weight excluding hydrogens is 322 g/mol. The second-order valence-corrected chi connectivity index (χ2v) is 6.50. The van der Waals surface area contributed by atoms with Crippen molar-refractivity contribution in [3.8, 4) is 0 Å². The first kappa shape index (κ1) is 15.1. The predicted octanol–water partition coefficient (Wildman–Crippen LogP) is 1.68. The average Bonchev–Trinajstić information content (AvgIpc) is 2.26. The molecule has 1 aromatic carbocycles. The molecule has 0 saturated heterocycles. The van der Waals surface area contributed by atoms with E-state index in [0.29, 0.717) is 4.47 Å². The largest absolute Gasteiger partial charge is 0.462 e. The zero-order valence-corrected chi connectivity index (χ0v) is 12.4. The summed E-state index contributed by atoms with van der Waals surface area (Å²) in [6.45, 7) is 3.01. The van der Waals surface area contributed by atoms with Gasteiger partial charge in [-0.1, -0.05) is 22.0 Å². The third-order valence-corrected chi connectivity index (χ3v) is 3.77. The van der Waals surface area contributed by atoms with Crippen LogP contribution in [0.2, 0.25) is 0 Å². The minimum absolute atomic E-state index is 0.0919. The molecule has 5 nitrogen and oxygen atoms in total. The molecule has 0 aliphatic carbocycles. The van der Waals surface area contributed by atoms with Crippen molar-refractivity contribution in [2.75, 3.05) is 6.54 Å². The predicted molar refractivity (Wildman–Crippen MR) is 70.6 cm³/mol. The van der Waals surface area contributed by atoms with Crippen molar-refractivity contribution in [1.29, 1.82) is 0 Å². The Morgan fingerprint density at radius 1 is 1.44 bits per heavy atom. The number of sulfonamides is 1. The summed E-state index contributed by atoms with van der Waals surface area (Å²) in [5, 5.41) is 0. The number of hydrogen-bond donors (Lipinski definition) is 1. The van der Waals surface area contributed by atoms with Crippen LogP contribution in [-0.2, 0) is 19.6 Å². The Labute approximate surface area is 115 Å². The fourth-order valence-electron chi connectivity index (χ4n) is 1.18. The Morgan fingerprint density at radius 3 is 2.67 bits per heavy atom. The monoisotopic (exact) mass is 335 g/mol. The van der Waals surface area contributed by atoms with Crippen LogP contribution in [0.5, 0.6) is 0 Å². The van der Waals surface area contributed by atoms with Gasteiger partial charge in [-0.05, 0) is 32.0 Å². The number of carbonyl (C=O) groups excluding carboxylic acids is 1. The van der Waals surface area contributed by atoms with Crippen LogP contribution in [0.4, 0.5) is 0 Å². The first-order valence-electron chi connectivity index (χ1n) is 5.26. The number of ether oxygens (including phenoxy) is 1. The zero-order chi connectivity index (χ0) is 13.8. The van der Waals surface area contributed by atoms with E-state index in [2.05, 4.69) is 20.7 Å². The van der Waals surface area contributed by atoms with Gasteiger partial charge in [0.2, 0.25) is 10.0 Å². The molecule has 0 spiro atoms. The molecule has 1 rings (SSSR count). The summed E-state index contributed by atoms with van der Waals surface area (Å²) >= 11 is 3.18. The van der Waals surface area contributed by atoms with Crippen LogP contribution in [0.25, 0.3) is 0 Å². The summed E-state index contributed by atoms with van der Waals surface area (Å²) < 4.78 is 31.3. The van der Waals surface area contributed by atoms with Gasteiger partial charge in [0.25, 0.3) is 0 Å². The Balaban J connectivity index is 2.69. The summed E-state index contributed by atoms with van der Waals surface area (Å²) in [5.41, 5.74) is 0. The quantitative estimate of drug-likeness (QED) is 0.831. The second kappa shape index (κ2) is 6.31. The topological polar surface area (TPSA) is 72.5 Å². The lowest BCUT2D eigenvalue weighted by atomic mass is 10.4. The Hall–Kier alpha value is -0.920. The fourth-order valence-corrected chi connectivity index (χ4v) is 2.74. The lowest BCUT2D eigenvalue weighted by molar-refractivity contribution is -0.145. The van der Waals surface area contributed by atoms with Crippen molar-refractivity contribution >= 4 is 31.9 Å². The lowest BCUT2D eigenvalue weighted by Gasteiger charge is -2.09. The normalized spacial score (nSPS) is 11.6. The number of hydrogen-bond acceptors (Lipinski definition) is 4. The number of nitrogens with one attached hydrogen (secondary N) is 1. The maximum absolute atomic E-state index is 11.8. The van der Waals surface area contributed by atoms with Crippen LogP contribution in [0.1, 0.15) is 13.8 Å². The summed E-state index contributed by atoms with van der Waals surface area (Å²) in [5.74, 6) is -0.608. The van der Waals surface area contributed by atoms with Gasteiger partial charge in [0.1, 0.15) is 6.54 Å². The van der Waals surface area contributed by atoms with E-state index >= 15 is 0 Å². The highest BCUT2D eigenvalue weighted by atomic mass is 79.9. The smallest absolute Gasteiger partial charge is 0.321 e. The molecule has 1 N–H and O–H groups in total. The van der Waals surface area contributed by atoms with Crippen molar-refractivity contribution in [3.05, 3.63) is 28.7 Å². The van der Waals surface area contributed by atoms with Crippen LogP contribution in [0, 0.1) is 0 Å². The summed E-state index contributed by atoms with van der Waals surface area (Å²) in [6, 6.07) is 6.22. The van der Waals surface area contributed by atoms with Gasteiger partial charge in [-0.3, -0.25) is 4.79 Å². The van der Waals surface area contributed by atoms with E-state index < -0.39 is 16.0 Å². The first-order valence-corrected chi connectivity index (χ1v) is 7.53. The number of benzene rings is 1. The van der Waals surface area contributed by atoms with E-state index in [1.54, 1.807) is 26.0 Å². The second-order valence-electron chi connectivity index (χ2n) is 3.82. The molecular formula is C11H14BrNO4S. The van der Waals surface area contributed by atoms with Crippen molar-refractivity contribution in [1.82, 2.24) is 4.72 Å². The van der Waals surface area contributed by atoms with Gasteiger partial charge in [-0.15, -0.1) is 0 Å². The van der Waals surface area contributed by atoms with Gasteiger partial charge in [0, 0.05) is 4.47 Å². The molecule has 0 fully saturated rings. The SMILES string of the molecule is CC(C)OC(=O)CNS(=O)(=O)c1cccc(Br)c1. The van der Waals surface area contributed by atoms with Crippen LogP contribution in [-0.4, -0.2) is 27.0 Å². The lowest BCUT2D eigenvalue weighted by Crippen LogP contribution is -2.31. The third-order valence-electron chi connectivity index (χ3n) is 1.88. The van der Waals surface area contributed by atoms with E-state index in [-0.39, 0.29) is 17.5 Å². The molecule has 0 heterocycles. The van der Waals surface area contributed by atoms with Gasteiger partial charge in [0.05, 0.1) is 11.0 Å². The van der Waals surface area contributed by atoms with Gasteiger partial charge >= 0.3 is 5.97 Å². The van der Waals surface area contributed by atoms with E-state index in [1.807, 2.05) is 0 Å². The molecule has 100 valence electrons.